The molecule has 7 nitrogen and oxygen atoms in total. The molecular formula is C28H27N3O4. The van der Waals surface area contributed by atoms with Crippen molar-refractivity contribution in [2.45, 2.75) is 18.9 Å². The Balaban J connectivity index is 1.37. The Hall–Kier alpha value is -4.26. The van der Waals surface area contributed by atoms with Gasteiger partial charge in [-0.15, -0.1) is 0 Å². The molecule has 0 saturated carbocycles. The number of fused-ring (bicyclic) bond motifs is 2. The minimum atomic E-state index is -0.727. The Morgan fingerprint density at radius 1 is 1.00 bits per heavy atom. The SMILES string of the molecule is CN(C(=O)[C@H](Cc1ccccc1)NC(=O)Cc1cccc2c1ccn2C)c1ccc2c(c1)OCO2. The van der Waals surface area contributed by atoms with Crippen LogP contribution < -0.4 is 19.7 Å². The molecular weight excluding hydrogens is 442 g/mol. The van der Waals surface area contributed by atoms with Crippen molar-refractivity contribution in [1.82, 2.24) is 9.88 Å². The van der Waals surface area contributed by atoms with Crippen molar-refractivity contribution in [3.63, 3.8) is 0 Å². The summed E-state index contributed by atoms with van der Waals surface area (Å²) in [6.07, 6.45) is 2.55. The maximum Gasteiger partial charge on any atom is 0.249 e. The zero-order valence-electron chi connectivity index (χ0n) is 19.7. The summed E-state index contributed by atoms with van der Waals surface area (Å²) in [6.45, 7) is 0.164. The number of benzene rings is 3. The minimum absolute atomic E-state index is 0.164. The quantitative estimate of drug-likeness (QED) is 0.446. The van der Waals surface area contributed by atoms with Gasteiger partial charge in [-0.25, -0.2) is 0 Å². The molecule has 0 saturated heterocycles. The smallest absolute Gasteiger partial charge is 0.249 e. The summed E-state index contributed by atoms with van der Waals surface area (Å²) >= 11 is 0. The number of rotatable bonds is 7. The highest BCUT2D eigenvalue weighted by Crippen LogP contribution is 2.35. The lowest BCUT2D eigenvalue weighted by molar-refractivity contribution is -0.127. The summed E-state index contributed by atoms with van der Waals surface area (Å²) in [4.78, 5) is 28.3. The molecule has 35 heavy (non-hydrogen) atoms. The number of amides is 2. The van der Waals surface area contributed by atoms with E-state index in [1.807, 2.05) is 78.5 Å². The zero-order chi connectivity index (χ0) is 24.4. The standard InChI is InChI=1S/C28H27N3O4/c1-30-14-13-22-20(9-6-10-24(22)30)16-27(32)29-23(15-19-7-4-3-5-8-19)28(33)31(2)21-11-12-25-26(17-21)35-18-34-25/h3-14,17,23H,15-16,18H2,1-2H3,(H,29,32)/t23-/m0/s1. The number of likely N-dealkylation sites (N-methyl/N-ethyl adjacent to an activating group) is 1. The van der Waals surface area contributed by atoms with Gasteiger partial charge in [0.05, 0.1) is 6.42 Å². The van der Waals surface area contributed by atoms with Gasteiger partial charge < -0.3 is 24.3 Å². The third kappa shape index (κ3) is 4.71. The first-order chi connectivity index (χ1) is 17.0. The van der Waals surface area contributed by atoms with Gasteiger partial charge in [-0.1, -0.05) is 42.5 Å². The van der Waals surface area contributed by atoms with Crippen LogP contribution in [0.4, 0.5) is 5.69 Å². The van der Waals surface area contributed by atoms with Crippen molar-refractivity contribution in [3.05, 3.63) is 90.1 Å². The van der Waals surface area contributed by atoms with E-state index in [1.165, 1.54) is 0 Å². The molecule has 0 fully saturated rings. The second-order valence-corrected chi connectivity index (χ2v) is 8.70. The number of aryl methyl sites for hydroxylation is 1. The Morgan fingerprint density at radius 3 is 2.63 bits per heavy atom. The van der Waals surface area contributed by atoms with Crippen LogP contribution in [0.5, 0.6) is 11.5 Å². The summed E-state index contributed by atoms with van der Waals surface area (Å²) in [7, 11) is 3.68. The Morgan fingerprint density at radius 2 is 1.80 bits per heavy atom. The van der Waals surface area contributed by atoms with Gasteiger partial charge in [-0.05, 0) is 35.4 Å². The molecule has 1 N–H and O–H groups in total. The topological polar surface area (TPSA) is 72.8 Å². The fourth-order valence-corrected chi connectivity index (χ4v) is 4.44. The van der Waals surface area contributed by atoms with Crippen molar-refractivity contribution in [3.8, 4) is 11.5 Å². The van der Waals surface area contributed by atoms with Gasteiger partial charge in [0.2, 0.25) is 18.6 Å². The van der Waals surface area contributed by atoms with Crippen LogP contribution in [-0.4, -0.2) is 36.3 Å². The van der Waals surface area contributed by atoms with E-state index in [0.717, 1.165) is 22.0 Å². The number of nitrogens with one attached hydrogen (secondary N) is 1. The zero-order valence-corrected chi connectivity index (χ0v) is 19.7. The molecule has 0 radical (unpaired) electrons. The van der Waals surface area contributed by atoms with Gasteiger partial charge in [0.1, 0.15) is 6.04 Å². The molecule has 3 aromatic carbocycles. The predicted octanol–water partition coefficient (Wildman–Crippen LogP) is 3.84. The highest BCUT2D eigenvalue weighted by Gasteiger charge is 2.27. The van der Waals surface area contributed by atoms with E-state index in [2.05, 4.69) is 5.32 Å². The van der Waals surface area contributed by atoms with Crippen molar-refractivity contribution >= 4 is 28.4 Å². The molecule has 0 bridgehead atoms. The molecule has 1 atom stereocenters. The van der Waals surface area contributed by atoms with E-state index in [9.17, 15) is 9.59 Å². The van der Waals surface area contributed by atoms with E-state index in [4.69, 9.17) is 9.47 Å². The van der Waals surface area contributed by atoms with E-state index in [1.54, 1.807) is 24.1 Å². The summed E-state index contributed by atoms with van der Waals surface area (Å²) in [5.74, 6) is 0.842. The molecule has 0 spiro atoms. The maximum atomic E-state index is 13.6. The number of carbonyl (C=O) groups excluding carboxylic acids is 2. The van der Waals surface area contributed by atoms with Crippen LogP contribution in [0.15, 0.2) is 79.0 Å². The average molecular weight is 470 g/mol. The Kier molecular flexibility index (Phi) is 6.14. The van der Waals surface area contributed by atoms with Gasteiger partial charge in [0.15, 0.2) is 11.5 Å². The molecule has 4 aromatic rings. The van der Waals surface area contributed by atoms with Gasteiger partial charge in [-0.2, -0.15) is 0 Å². The molecule has 178 valence electrons. The largest absolute Gasteiger partial charge is 0.454 e. The summed E-state index contributed by atoms with van der Waals surface area (Å²) in [5, 5.41) is 4.03. The molecule has 2 amide bonds. The molecule has 7 heteroatoms. The number of hydrogen-bond acceptors (Lipinski definition) is 4. The fourth-order valence-electron chi connectivity index (χ4n) is 4.44. The molecule has 5 rings (SSSR count). The van der Waals surface area contributed by atoms with Crippen LogP contribution in [0.25, 0.3) is 10.9 Å². The van der Waals surface area contributed by atoms with Crippen molar-refractivity contribution < 1.29 is 19.1 Å². The number of hydrogen-bond donors (Lipinski definition) is 1. The van der Waals surface area contributed by atoms with Crippen LogP contribution in [0, 0.1) is 0 Å². The lowest BCUT2D eigenvalue weighted by Gasteiger charge is -2.25. The van der Waals surface area contributed by atoms with Gasteiger partial charge in [-0.3, -0.25) is 9.59 Å². The monoisotopic (exact) mass is 469 g/mol. The van der Waals surface area contributed by atoms with Crippen molar-refractivity contribution in [1.29, 1.82) is 0 Å². The maximum absolute atomic E-state index is 13.6. The first kappa shape index (κ1) is 22.5. The van der Waals surface area contributed by atoms with E-state index in [-0.39, 0.29) is 25.0 Å². The van der Waals surface area contributed by atoms with Crippen LogP contribution in [-0.2, 0) is 29.5 Å². The second kappa shape index (κ2) is 9.54. The van der Waals surface area contributed by atoms with Crippen LogP contribution in [0.2, 0.25) is 0 Å². The molecule has 1 aromatic heterocycles. The first-order valence-electron chi connectivity index (χ1n) is 11.5. The molecule has 2 heterocycles. The summed E-state index contributed by atoms with van der Waals surface area (Å²) in [5.41, 5.74) is 3.63. The average Bonchev–Trinajstić information content (AvgIpc) is 3.50. The van der Waals surface area contributed by atoms with Gasteiger partial charge >= 0.3 is 0 Å². The highest BCUT2D eigenvalue weighted by atomic mass is 16.7. The van der Waals surface area contributed by atoms with Gasteiger partial charge in [0, 0.05) is 49.4 Å². The van der Waals surface area contributed by atoms with Crippen LogP contribution in [0.1, 0.15) is 11.1 Å². The van der Waals surface area contributed by atoms with Crippen LogP contribution in [0.3, 0.4) is 0 Å². The number of anilines is 1. The highest BCUT2D eigenvalue weighted by molar-refractivity contribution is 6.00. The third-order valence-corrected chi connectivity index (χ3v) is 6.36. The minimum Gasteiger partial charge on any atom is -0.454 e. The number of ether oxygens (including phenoxy) is 2. The van der Waals surface area contributed by atoms with Gasteiger partial charge in [0.25, 0.3) is 0 Å². The number of aromatic nitrogens is 1. The molecule has 1 aliphatic heterocycles. The molecule has 0 aliphatic carbocycles. The lowest BCUT2D eigenvalue weighted by atomic mass is 10.0. The summed E-state index contributed by atoms with van der Waals surface area (Å²) < 4.78 is 12.9. The fraction of sp³-hybridized carbons (Fsp3) is 0.214. The predicted molar refractivity (Wildman–Crippen MR) is 135 cm³/mol. The number of carbonyl (C=O) groups is 2. The van der Waals surface area contributed by atoms with Crippen LogP contribution >= 0.6 is 0 Å². The lowest BCUT2D eigenvalue weighted by Crippen LogP contribution is -2.49. The van der Waals surface area contributed by atoms with E-state index >= 15 is 0 Å². The van der Waals surface area contributed by atoms with Crippen molar-refractivity contribution in [2.75, 3.05) is 18.7 Å². The van der Waals surface area contributed by atoms with Crippen molar-refractivity contribution in [2.24, 2.45) is 7.05 Å². The normalized spacial score (nSPS) is 13.0. The van der Waals surface area contributed by atoms with E-state index < -0.39 is 6.04 Å². The first-order valence-corrected chi connectivity index (χ1v) is 11.5. The Bertz CT molecular complexity index is 1380. The Labute approximate surface area is 203 Å². The molecule has 0 unspecified atom stereocenters. The summed E-state index contributed by atoms with van der Waals surface area (Å²) in [6, 6.07) is 22.3. The molecule has 1 aliphatic rings. The van der Waals surface area contributed by atoms with E-state index in [0.29, 0.717) is 23.6 Å². The number of nitrogens with zero attached hydrogens (tertiary/aromatic N) is 2. The third-order valence-electron chi connectivity index (χ3n) is 6.36. The second-order valence-electron chi connectivity index (χ2n) is 8.70.